The lowest BCUT2D eigenvalue weighted by Gasteiger charge is -2.31. The zero-order valence-electron chi connectivity index (χ0n) is 16.7. The van der Waals surface area contributed by atoms with Crippen molar-refractivity contribution < 1.29 is 47.6 Å². The lowest BCUT2D eigenvalue weighted by Crippen LogP contribution is -2.43. The number of carboxylic acid groups (broad SMARTS) is 2. The summed E-state index contributed by atoms with van der Waals surface area (Å²) in [5.41, 5.74) is -0.636. The van der Waals surface area contributed by atoms with E-state index in [2.05, 4.69) is 4.98 Å². The minimum absolute atomic E-state index is 0.148. The largest absolute Gasteiger partial charge is 0.481 e. The smallest absolute Gasteiger partial charge is 0.332 e. The second-order valence-corrected chi connectivity index (χ2v) is 6.21. The van der Waals surface area contributed by atoms with E-state index < -0.39 is 60.3 Å². The minimum atomic E-state index is -2.01. The molecule has 0 aliphatic rings. The van der Waals surface area contributed by atoms with E-state index in [9.17, 15) is 23.6 Å². The fourth-order valence-corrected chi connectivity index (χ4v) is 2.69. The Balaban J connectivity index is 2.48. The fourth-order valence-electron chi connectivity index (χ4n) is 2.69. The molecule has 0 unspecified atom stereocenters. The molecule has 0 spiro atoms. The fraction of sp³-hybridized carbons (Fsp3) is 0.250. The standard InChI is InChI=1S/C20H18F2N2O8/c1-2-24(20(31-16(29)9-14(25)26)32-17(30)10-15(27)28)13-4-3-12(21)18(19(13)22)11-5-7-23-8-6-11/h3-8,20H,2,9-10H2,1H3,(H,25,26)(H,27,28). The van der Waals surface area contributed by atoms with Gasteiger partial charge < -0.3 is 24.6 Å². The molecule has 0 aliphatic heterocycles. The highest BCUT2D eigenvalue weighted by atomic mass is 19.1. The molecule has 1 aromatic heterocycles. The number of halogens is 2. The van der Waals surface area contributed by atoms with Gasteiger partial charge in [-0.15, -0.1) is 0 Å². The molecule has 0 aliphatic carbocycles. The Kier molecular flexibility index (Phi) is 8.16. The summed E-state index contributed by atoms with van der Waals surface area (Å²) < 4.78 is 39.5. The van der Waals surface area contributed by atoms with Crippen molar-refractivity contribution in [3.63, 3.8) is 0 Å². The van der Waals surface area contributed by atoms with E-state index >= 15 is 4.39 Å². The van der Waals surface area contributed by atoms with Gasteiger partial charge >= 0.3 is 30.3 Å². The van der Waals surface area contributed by atoms with Gasteiger partial charge in [0.2, 0.25) is 0 Å². The number of anilines is 1. The van der Waals surface area contributed by atoms with Crippen LogP contribution in [-0.4, -0.2) is 52.0 Å². The molecule has 0 bridgehead atoms. The minimum Gasteiger partial charge on any atom is -0.481 e. The van der Waals surface area contributed by atoms with E-state index in [4.69, 9.17) is 19.7 Å². The van der Waals surface area contributed by atoms with Gasteiger partial charge in [-0.05, 0) is 36.8 Å². The summed E-state index contributed by atoms with van der Waals surface area (Å²) in [4.78, 5) is 49.9. The van der Waals surface area contributed by atoms with Crippen LogP contribution >= 0.6 is 0 Å². The summed E-state index contributed by atoms with van der Waals surface area (Å²) in [7, 11) is 0. The average Bonchev–Trinajstić information content (AvgIpc) is 2.69. The third-order valence-corrected chi connectivity index (χ3v) is 4.00. The third-order valence-electron chi connectivity index (χ3n) is 4.00. The third kappa shape index (κ3) is 6.20. The van der Waals surface area contributed by atoms with Crippen molar-refractivity contribution in [2.24, 2.45) is 0 Å². The predicted molar refractivity (Wildman–Crippen MR) is 103 cm³/mol. The molecule has 0 amide bonds. The van der Waals surface area contributed by atoms with Crippen LogP contribution in [-0.2, 0) is 28.7 Å². The maximum absolute atomic E-state index is 15.3. The molecule has 10 nitrogen and oxygen atoms in total. The van der Waals surface area contributed by atoms with Crippen molar-refractivity contribution in [2.45, 2.75) is 26.2 Å². The molecule has 170 valence electrons. The molecule has 0 saturated carbocycles. The highest BCUT2D eigenvalue weighted by Crippen LogP contribution is 2.33. The molecule has 2 rings (SSSR count). The maximum Gasteiger partial charge on any atom is 0.332 e. The summed E-state index contributed by atoms with van der Waals surface area (Å²) in [5.74, 6) is -7.74. The molecule has 1 heterocycles. The van der Waals surface area contributed by atoms with Crippen molar-refractivity contribution in [2.75, 3.05) is 11.4 Å². The molecule has 2 aromatic rings. The van der Waals surface area contributed by atoms with E-state index in [1.54, 1.807) is 0 Å². The highest BCUT2D eigenvalue weighted by Gasteiger charge is 2.30. The van der Waals surface area contributed by atoms with Gasteiger partial charge in [0.05, 0.1) is 11.3 Å². The van der Waals surface area contributed by atoms with Crippen LogP contribution in [0.4, 0.5) is 14.5 Å². The number of carbonyl (C=O) groups is 4. The average molecular weight is 452 g/mol. The molecule has 0 atom stereocenters. The number of esters is 2. The van der Waals surface area contributed by atoms with Gasteiger partial charge in [0.1, 0.15) is 18.7 Å². The van der Waals surface area contributed by atoms with E-state index in [0.29, 0.717) is 0 Å². The van der Waals surface area contributed by atoms with Gasteiger partial charge in [0, 0.05) is 18.9 Å². The van der Waals surface area contributed by atoms with Crippen LogP contribution in [0.25, 0.3) is 11.1 Å². The number of hydrogen-bond donors (Lipinski definition) is 2. The number of ether oxygens (including phenoxy) is 2. The van der Waals surface area contributed by atoms with Gasteiger partial charge in [-0.3, -0.25) is 24.2 Å². The number of hydrogen-bond acceptors (Lipinski definition) is 8. The molecule has 0 saturated heterocycles. The quantitative estimate of drug-likeness (QED) is 0.313. The summed E-state index contributed by atoms with van der Waals surface area (Å²) in [6.45, 7) is 1.29. The van der Waals surface area contributed by atoms with E-state index in [1.165, 1.54) is 31.5 Å². The van der Waals surface area contributed by atoms with Crippen molar-refractivity contribution in [3.05, 3.63) is 48.3 Å². The number of pyridine rings is 1. The van der Waals surface area contributed by atoms with Crippen LogP contribution in [0.3, 0.4) is 0 Å². The Labute approximate surface area is 180 Å². The molecule has 2 N–H and O–H groups in total. The van der Waals surface area contributed by atoms with E-state index in [-0.39, 0.29) is 17.8 Å². The normalized spacial score (nSPS) is 10.5. The Morgan fingerprint density at radius 2 is 1.50 bits per heavy atom. The van der Waals surface area contributed by atoms with E-state index in [1.807, 2.05) is 0 Å². The number of carboxylic acids is 2. The first kappa shape index (κ1) is 24.2. The lowest BCUT2D eigenvalue weighted by molar-refractivity contribution is -0.188. The van der Waals surface area contributed by atoms with Gasteiger partial charge in [-0.1, -0.05) is 0 Å². The number of carbonyl (C=O) groups excluding carboxylic acids is 2. The monoisotopic (exact) mass is 452 g/mol. The molecule has 0 fully saturated rings. The zero-order valence-corrected chi connectivity index (χ0v) is 16.7. The lowest BCUT2D eigenvalue weighted by atomic mass is 10.0. The first-order valence-electron chi connectivity index (χ1n) is 9.11. The maximum atomic E-state index is 15.3. The first-order valence-corrected chi connectivity index (χ1v) is 9.11. The van der Waals surface area contributed by atoms with Crippen molar-refractivity contribution >= 4 is 29.6 Å². The SMILES string of the molecule is CCN(c1ccc(F)c(-c2ccncc2)c1F)C(OC(=O)CC(=O)O)OC(=O)CC(=O)O. The Hall–Kier alpha value is -4.09. The number of rotatable bonds is 10. The molecular formula is C20H18F2N2O8. The zero-order chi connectivity index (χ0) is 23.8. The van der Waals surface area contributed by atoms with Crippen molar-refractivity contribution in [1.82, 2.24) is 4.98 Å². The van der Waals surface area contributed by atoms with Crippen LogP contribution in [0, 0.1) is 11.6 Å². The van der Waals surface area contributed by atoms with Crippen LogP contribution in [0.15, 0.2) is 36.7 Å². The highest BCUT2D eigenvalue weighted by molar-refractivity contribution is 5.91. The van der Waals surface area contributed by atoms with Crippen LogP contribution in [0.2, 0.25) is 0 Å². The molecule has 1 aromatic carbocycles. The Morgan fingerprint density at radius 3 is 1.97 bits per heavy atom. The molecule has 32 heavy (non-hydrogen) atoms. The Bertz CT molecular complexity index is 986. The van der Waals surface area contributed by atoms with E-state index in [0.717, 1.165) is 17.0 Å². The van der Waals surface area contributed by atoms with Crippen LogP contribution in [0.1, 0.15) is 19.8 Å². The van der Waals surface area contributed by atoms with Crippen molar-refractivity contribution in [3.8, 4) is 11.1 Å². The first-order chi connectivity index (χ1) is 15.1. The Morgan fingerprint density at radius 1 is 0.969 bits per heavy atom. The molecule has 12 heteroatoms. The summed E-state index contributed by atoms with van der Waals surface area (Å²) in [6.07, 6.45) is -1.56. The number of aromatic nitrogens is 1. The van der Waals surface area contributed by atoms with Crippen molar-refractivity contribution in [1.29, 1.82) is 0 Å². The topological polar surface area (TPSA) is 143 Å². The van der Waals surface area contributed by atoms with Gasteiger partial charge in [0.15, 0.2) is 5.82 Å². The number of nitrogens with zero attached hydrogens (tertiary/aromatic N) is 2. The second-order valence-electron chi connectivity index (χ2n) is 6.21. The van der Waals surface area contributed by atoms with Gasteiger partial charge in [-0.2, -0.15) is 0 Å². The second kappa shape index (κ2) is 10.8. The molecular weight excluding hydrogens is 434 g/mol. The number of aliphatic carboxylic acids is 2. The van der Waals surface area contributed by atoms with Crippen LogP contribution in [0.5, 0.6) is 0 Å². The summed E-state index contributed by atoms with van der Waals surface area (Å²) >= 11 is 0. The summed E-state index contributed by atoms with van der Waals surface area (Å²) in [6, 6.07) is 4.66. The van der Waals surface area contributed by atoms with Crippen LogP contribution < -0.4 is 4.90 Å². The van der Waals surface area contributed by atoms with Gasteiger partial charge in [0.25, 0.3) is 0 Å². The molecule has 0 radical (unpaired) electrons. The van der Waals surface area contributed by atoms with Gasteiger partial charge in [-0.25, -0.2) is 8.78 Å². The number of benzene rings is 1. The predicted octanol–water partition coefficient (Wildman–Crippen LogP) is 2.17. The summed E-state index contributed by atoms with van der Waals surface area (Å²) in [5, 5.41) is 17.5.